The zero-order valence-corrected chi connectivity index (χ0v) is 8.06. The van der Waals surface area contributed by atoms with Crippen LogP contribution in [0.15, 0.2) is 0 Å². The Labute approximate surface area is 70.6 Å². The second-order valence-corrected chi connectivity index (χ2v) is 3.89. The third-order valence-corrected chi connectivity index (χ3v) is 3.05. The fourth-order valence-corrected chi connectivity index (χ4v) is 1.75. The molecular weight excluding hydrogens is 134 g/mol. The first-order valence-electron chi connectivity index (χ1n) is 5.01. The van der Waals surface area contributed by atoms with Crippen LogP contribution in [-0.2, 0) is 0 Å². The summed E-state index contributed by atoms with van der Waals surface area (Å²) in [6.07, 6.45) is 4.10. The molecule has 1 rings (SSSR count). The molecule has 0 aromatic rings. The quantitative estimate of drug-likeness (QED) is 0.605. The SMILES string of the molecule is CCC(C)[C@H](CC)C[C@@H]1CN1. The average molecular weight is 155 g/mol. The molecule has 1 heteroatoms. The Bertz CT molecular complexity index is 107. The van der Waals surface area contributed by atoms with Gasteiger partial charge in [0.1, 0.15) is 0 Å². The largest absolute Gasteiger partial charge is 0.311 e. The van der Waals surface area contributed by atoms with Crippen LogP contribution in [0.1, 0.15) is 40.0 Å². The van der Waals surface area contributed by atoms with Gasteiger partial charge in [-0.3, -0.25) is 0 Å². The summed E-state index contributed by atoms with van der Waals surface area (Å²) in [7, 11) is 0. The fraction of sp³-hybridized carbons (Fsp3) is 1.00. The normalized spacial score (nSPS) is 28.1. The van der Waals surface area contributed by atoms with Crippen LogP contribution in [0, 0.1) is 11.8 Å². The van der Waals surface area contributed by atoms with Crippen LogP contribution in [0.25, 0.3) is 0 Å². The summed E-state index contributed by atoms with van der Waals surface area (Å²) in [4.78, 5) is 0. The van der Waals surface area contributed by atoms with Gasteiger partial charge >= 0.3 is 0 Å². The number of rotatable bonds is 5. The molecule has 0 spiro atoms. The lowest BCUT2D eigenvalue weighted by atomic mass is 9.86. The molecule has 0 bridgehead atoms. The van der Waals surface area contributed by atoms with Gasteiger partial charge in [0.2, 0.25) is 0 Å². The van der Waals surface area contributed by atoms with E-state index in [-0.39, 0.29) is 0 Å². The van der Waals surface area contributed by atoms with Crippen molar-refractivity contribution in [1.29, 1.82) is 0 Å². The molecule has 1 nitrogen and oxygen atoms in total. The molecule has 11 heavy (non-hydrogen) atoms. The van der Waals surface area contributed by atoms with Crippen molar-refractivity contribution in [2.75, 3.05) is 6.54 Å². The molecular formula is C10H21N. The van der Waals surface area contributed by atoms with Gasteiger partial charge in [0.05, 0.1) is 0 Å². The summed E-state index contributed by atoms with van der Waals surface area (Å²) in [5.41, 5.74) is 0. The topological polar surface area (TPSA) is 21.9 Å². The second-order valence-electron chi connectivity index (χ2n) is 3.89. The van der Waals surface area contributed by atoms with Crippen molar-refractivity contribution in [2.24, 2.45) is 11.8 Å². The van der Waals surface area contributed by atoms with Gasteiger partial charge in [0.15, 0.2) is 0 Å². The van der Waals surface area contributed by atoms with Crippen molar-refractivity contribution in [3.8, 4) is 0 Å². The maximum atomic E-state index is 3.38. The highest BCUT2D eigenvalue weighted by Crippen LogP contribution is 2.25. The predicted molar refractivity (Wildman–Crippen MR) is 49.6 cm³/mol. The van der Waals surface area contributed by atoms with Crippen molar-refractivity contribution in [2.45, 2.75) is 46.1 Å². The van der Waals surface area contributed by atoms with Gasteiger partial charge < -0.3 is 5.32 Å². The summed E-state index contributed by atoms with van der Waals surface area (Å²) in [6.45, 7) is 8.27. The van der Waals surface area contributed by atoms with Crippen molar-refractivity contribution in [3.63, 3.8) is 0 Å². The molecule has 0 saturated carbocycles. The average Bonchev–Trinajstić information content (AvgIpc) is 2.82. The fourth-order valence-electron chi connectivity index (χ4n) is 1.75. The smallest absolute Gasteiger partial charge is 0.0195 e. The Kier molecular flexibility index (Phi) is 3.38. The Hall–Kier alpha value is -0.0400. The van der Waals surface area contributed by atoms with Gasteiger partial charge in [-0.15, -0.1) is 0 Å². The lowest BCUT2D eigenvalue weighted by molar-refractivity contribution is 0.316. The van der Waals surface area contributed by atoms with Crippen molar-refractivity contribution in [3.05, 3.63) is 0 Å². The maximum Gasteiger partial charge on any atom is 0.0195 e. The summed E-state index contributed by atoms with van der Waals surface area (Å²) in [5, 5.41) is 3.38. The van der Waals surface area contributed by atoms with Crippen LogP contribution in [0.3, 0.4) is 0 Å². The van der Waals surface area contributed by atoms with Crippen molar-refractivity contribution < 1.29 is 0 Å². The van der Waals surface area contributed by atoms with Crippen LogP contribution < -0.4 is 5.32 Å². The zero-order valence-electron chi connectivity index (χ0n) is 8.06. The molecule has 0 aromatic heterocycles. The lowest BCUT2D eigenvalue weighted by Crippen LogP contribution is -2.13. The third-order valence-electron chi connectivity index (χ3n) is 3.05. The van der Waals surface area contributed by atoms with Gasteiger partial charge in [0, 0.05) is 12.6 Å². The minimum absolute atomic E-state index is 0.869. The highest BCUT2D eigenvalue weighted by Gasteiger charge is 2.25. The molecule has 1 fully saturated rings. The van der Waals surface area contributed by atoms with E-state index in [1.165, 1.54) is 25.8 Å². The summed E-state index contributed by atoms with van der Waals surface area (Å²) < 4.78 is 0. The molecule has 1 N–H and O–H groups in total. The number of hydrogen-bond donors (Lipinski definition) is 1. The van der Waals surface area contributed by atoms with Crippen LogP contribution in [0.2, 0.25) is 0 Å². The second kappa shape index (κ2) is 4.10. The van der Waals surface area contributed by atoms with E-state index in [1.54, 1.807) is 0 Å². The van der Waals surface area contributed by atoms with Crippen LogP contribution in [0.5, 0.6) is 0 Å². The molecule has 0 aromatic carbocycles. The van der Waals surface area contributed by atoms with Gasteiger partial charge in [-0.05, 0) is 18.3 Å². The third kappa shape index (κ3) is 2.82. The van der Waals surface area contributed by atoms with Crippen molar-refractivity contribution >= 4 is 0 Å². The Morgan fingerprint density at radius 2 is 2.00 bits per heavy atom. The van der Waals surface area contributed by atoms with E-state index < -0.39 is 0 Å². The van der Waals surface area contributed by atoms with Gasteiger partial charge in [-0.25, -0.2) is 0 Å². The van der Waals surface area contributed by atoms with E-state index >= 15 is 0 Å². The zero-order chi connectivity index (χ0) is 8.27. The number of hydrogen-bond acceptors (Lipinski definition) is 1. The van der Waals surface area contributed by atoms with E-state index in [0.717, 1.165) is 17.9 Å². The van der Waals surface area contributed by atoms with E-state index in [9.17, 15) is 0 Å². The molecule has 0 radical (unpaired) electrons. The molecule has 0 amide bonds. The highest BCUT2D eigenvalue weighted by atomic mass is 15.1. The molecule has 1 saturated heterocycles. The Morgan fingerprint density at radius 1 is 1.36 bits per heavy atom. The maximum absolute atomic E-state index is 3.38. The first-order chi connectivity index (χ1) is 5.27. The van der Waals surface area contributed by atoms with Crippen LogP contribution in [0.4, 0.5) is 0 Å². The van der Waals surface area contributed by atoms with E-state index in [2.05, 4.69) is 26.1 Å². The first-order valence-corrected chi connectivity index (χ1v) is 5.01. The molecule has 3 atom stereocenters. The highest BCUT2D eigenvalue weighted by molar-refractivity contribution is 4.86. The molecule has 1 unspecified atom stereocenters. The van der Waals surface area contributed by atoms with Gasteiger partial charge in [-0.2, -0.15) is 0 Å². The molecule has 0 aliphatic carbocycles. The molecule has 1 aliphatic heterocycles. The minimum atomic E-state index is 0.869. The van der Waals surface area contributed by atoms with Gasteiger partial charge in [-0.1, -0.05) is 33.6 Å². The molecule has 1 aliphatic rings. The Balaban J connectivity index is 2.21. The summed E-state index contributed by atoms with van der Waals surface area (Å²) in [6, 6.07) is 0.869. The number of nitrogens with one attached hydrogen (secondary N) is 1. The van der Waals surface area contributed by atoms with E-state index in [4.69, 9.17) is 0 Å². The molecule has 1 heterocycles. The summed E-state index contributed by atoms with van der Waals surface area (Å²) >= 11 is 0. The van der Waals surface area contributed by atoms with Crippen LogP contribution >= 0.6 is 0 Å². The van der Waals surface area contributed by atoms with E-state index in [0.29, 0.717) is 0 Å². The molecule has 66 valence electrons. The summed E-state index contributed by atoms with van der Waals surface area (Å²) in [5.74, 6) is 1.88. The van der Waals surface area contributed by atoms with E-state index in [1.807, 2.05) is 0 Å². The lowest BCUT2D eigenvalue weighted by Gasteiger charge is -2.20. The standard InChI is InChI=1S/C10H21N/c1-4-8(3)9(5-2)6-10-7-11-10/h8-11H,4-7H2,1-3H3/t8?,9-,10-/m1/s1. The van der Waals surface area contributed by atoms with Crippen molar-refractivity contribution in [1.82, 2.24) is 5.32 Å². The minimum Gasteiger partial charge on any atom is -0.311 e. The Morgan fingerprint density at radius 3 is 2.36 bits per heavy atom. The first kappa shape index (κ1) is 9.05. The van der Waals surface area contributed by atoms with Crippen LogP contribution in [-0.4, -0.2) is 12.6 Å². The predicted octanol–water partition coefficient (Wildman–Crippen LogP) is 2.42. The van der Waals surface area contributed by atoms with Gasteiger partial charge in [0.25, 0.3) is 0 Å². The monoisotopic (exact) mass is 155 g/mol.